The molecule has 0 fully saturated rings. The SMILES string of the molecule is [O-]CC[n+]1c(/C=C/C=C2\C=CN(Cc3ccccc3)c3ccccc32)sc2ccc(Cl)cc21. The third-order valence-corrected chi connectivity index (χ3v) is 7.04. The molecule has 0 bridgehead atoms. The highest BCUT2D eigenvalue weighted by molar-refractivity contribution is 7.18. The largest absolute Gasteiger partial charge is 0.850 e. The highest BCUT2D eigenvalue weighted by Gasteiger charge is 2.18. The highest BCUT2D eigenvalue weighted by Crippen LogP contribution is 2.34. The van der Waals surface area contributed by atoms with Gasteiger partial charge in [-0.25, -0.2) is 0 Å². The zero-order valence-electron chi connectivity index (χ0n) is 18.0. The van der Waals surface area contributed by atoms with Crippen molar-refractivity contribution in [3.63, 3.8) is 0 Å². The number of hydrogen-bond donors (Lipinski definition) is 0. The van der Waals surface area contributed by atoms with Crippen molar-refractivity contribution >= 4 is 50.5 Å². The third-order valence-electron chi connectivity index (χ3n) is 5.68. The second kappa shape index (κ2) is 9.75. The maximum absolute atomic E-state index is 11.4. The molecule has 3 aromatic carbocycles. The van der Waals surface area contributed by atoms with Gasteiger partial charge in [0.2, 0.25) is 5.52 Å². The summed E-state index contributed by atoms with van der Waals surface area (Å²) in [4.78, 5) is 2.28. The average molecular weight is 471 g/mol. The Balaban J connectivity index is 1.45. The summed E-state index contributed by atoms with van der Waals surface area (Å²) in [5.41, 5.74) is 5.84. The number of fused-ring (bicyclic) bond motifs is 2. The van der Waals surface area contributed by atoms with Gasteiger partial charge >= 0.3 is 0 Å². The molecule has 0 saturated heterocycles. The predicted molar refractivity (Wildman–Crippen MR) is 137 cm³/mol. The van der Waals surface area contributed by atoms with Crippen LogP contribution in [0.15, 0.2) is 97.2 Å². The minimum absolute atomic E-state index is 0.168. The smallest absolute Gasteiger partial charge is 0.262 e. The first-order valence-electron chi connectivity index (χ1n) is 10.9. The molecule has 1 aliphatic rings. The molecule has 33 heavy (non-hydrogen) atoms. The molecule has 0 spiro atoms. The molecule has 5 heteroatoms. The summed E-state index contributed by atoms with van der Waals surface area (Å²) in [6.45, 7) is 1.09. The number of aromatic nitrogens is 1. The van der Waals surface area contributed by atoms with Gasteiger partial charge < -0.3 is 10.0 Å². The van der Waals surface area contributed by atoms with Crippen LogP contribution in [-0.4, -0.2) is 6.61 Å². The van der Waals surface area contributed by atoms with Crippen LogP contribution in [0.25, 0.3) is 21.9 Å². The first-order valence-corrected chi connectivity index (χ1v) is 12.1. The summed E-state index contributed by atoms with van der Waals surface area (Å²) in [5.74, 6) is 0. The van der Waals surface area contributed by atoms with Crippen molar-refractivity contribution in [3.8, 4) is 0 Å². The molecular weight excluding hydrogens is 448 g/mol. The second-order valence-corrected chi connectivity index (χ2v) is 9.33. The molecule has 0 saturated carbocycles. The number of allylic oxidation sites excluding steroid dienone is 4. The van der Waals surface area contributed by atoms with Gasteiger partial charge in [0.05, 0.1) is 0 Å². The molecule has 2 heterocycles. The van der Waals surface area contributed by atoms with E-state index in [-0.39, 0.29) is 6.61 Å². The maximum atomic E-state index is 11.4. The van der Waals surface area contributed by atoms with E-state index in [1.54, 1.807) is 11.3 Å². The van der Waals surface area contributed by atoms with Gasteiger partial charge in [-0.3, -0.25) is 0 Å². The first-order chi connectivity index (χ1) is 16.2. The van der Waals surface area contributed by atoms with Crippen LogP contribution in [0, 0.1) is 0 Å². The fourth-order valence-electron chi connectivity index (χ4n) is 4.13. The van der Waals surface area contributed by atoms with Gasteiger partial charge in [-0.2, -0.15) is 4.57 Å². The van der Waals surface area contributed by atoms with Crippen molar-refractivity contribution in [1.82, 2.24) is 0 Å². The first kappa shape index (κ1) is 21.7. The Morgan fingerprint density at radius 3 is 2.67 bits per heavy atom. The van der Waals surface area contributed by atoms with E-state index in [1.807, 2.05) is 24.3 Å². The Morgan fingerprint density at radius 1 is 1.00 bits per heavy atom. The van der Waals surface area contributed by atoms with Crippen LogP contribution in [0.3, 0.4) is 0 Å². The second-order valence-electron chi connectivity index (χ2n) is 7.84. The normalized spacial score (nSPS) is 14.5. The molecule has 4 aromatic rings. The number of thiazole rings is 1. The Hall–Kier alpha value is -3.18. The zero-order chi connectivity index (χ0) is 22.6. The molecule has 0 radical (unpaired) electrons. The highest BCUT2D eigenvalue weighted by atomic mass is 35.5. The fraction of sp³-hybridized carbons (Fsp3) is 0.107. The minimum Gasteiger partial charge on any atom is -0.850 e. The molecule has 3 nitrogen and oxygen atoms in total. The number of halogens is 1. The van der Waals surface area contributed by atoms with Crippen LogP contribution in [0.2, 0.25) is 5.02 Å². The Morgan fingerprint density at radius 2 is 1.82 bits per heavy atom. The summed E-state index contributed by atoms with van der Waals surface area (Å²) in [5, 5.41) is 13.1. The van der Waals surface area contributed by atoms with E-state index < -0.39 is 0 Å². The molecule has 0 amide bonds. The van der Waals surface area contributed by atoms with Crippen LogP contribution < -0.4 is 14.6 Å². The number of hydrogen-bond acceptors (Lipinski definition) is 3. The van der Waals surface area contributed by atoms with Crippen LogP contribution in [0.5, 0.6) is 0 Å². The molecule has 0 unspecified atom stereocenters. The van der Waals surface area contributed by atoms with Gasteiger partial charge in [-0.05, 0) is 35.4 Å². The quantitative estimate of drug-likeness (QED) is 0.332. The van der Waals surface area contributed by atoms with Crippen LogP contribution in [-0.2, 0) is 13.1 Å². The molecule has 0 N–H and O–H groups in total. The van der Waals surface area contributed by atoms with Gasteiger partial charge in [-0.1, -0.05) is 90.2 Å². The van der Waals surface area contributed by atoms with E-state index >= 15 is 0 Å². The summed E-state index contributed by atoms with van der Waals surface area (Å²) in [6.07, 6.45) is 10.6. The lowest BCUT2D eigenvalue weighted by Gasteiger charge is -2.27. The maximum Gasteiger partial charge on any atom is 0.262 e. The van der Waals surface area contributed by atoms with Crippen LogP contribution in [0.1, 0.15) is 16.1 Å². The van der Waals surface area contributed by atoms with E-state index in [4.69, 9.17) is 11.6 Å². The van der Waals surface area contributed by atoms with E-state index in [9.17, 15) is 5.11 Å². The molecule has 5 rings (SSSR count). The summed E-state index contributed by atoms with van der Waals surface area (Å²) in [6, 6.07) is 24.8. The van der Waals surface area contributed by atoms with Gasteiger partial charge in [0.15, 0.2) is 0 Å². The van der Waals surface area contributed by atoms with Crippen LogP contribution >= 0.6 is 22.9 Å². The lowest BCUT2D eigenvalue weighted by atomic mass is 9.99. The van der Waals surface area contributed by atoms with E-state index in [0.717, 1.165) is 27.3 Å². The Bertz CT molecular complexity index is 1370. The van der Waals surface area contributed by atoms with Crippen molar-refractivity contribution < 1.29 is 9.67 Å². The number of rotatable bonds is 6. The van der Waals surface area contributed by atoms with Crippen molar-refractivity contribution in [2.45, 2.75) is 13.1 Å². The summed E-state index contributed by atoms with van der Waals surface area (Å²) in [7, 11) is 0. The average Bonchev–Trinajstić information content (AvgIpc) is 3.18. The summed E-state index contributed by atoms with van der Waals surface area (Å²) < 4.78 is 3.18. The lowest BCUT2D eigenvalue weighted by molar-refractivity contribution is -0.685. The fourth-order valence-corrected chi connectivity index (χ4v) is 5.37. The number of nitrogens with zero attached hydrogens (tertiary/aromatic N) is 2. The van der Waals surface area contributed by atoms with Crippen molar-refractivity contribution in [1.29, 1.82) is 0 Å². The summed E-state index contributed by atoms with van der Waals surface area (Å²) >= 11 is 7.86. The number of anilines is 1. The number of para-hydroxylation sites is 1. The monoisotopic (exact) mass is 470 g/mol. The molecule has 1 aromatic heterocycles. The van der Waals surface area contributed by atoms with Crippen molar-refractivity contribution in [2.75, 3.05) is 11.5 Å². The standard InChI is InChI=1S/C28H23ClN2OS/c29-23-13-14-27-26(19-23)31(17-18-32)28(33-27)12-6-9-22-15-16-30(20-21-7-2-1-3-8-21)25-11-5-4-10-24(22)25/h1-16,19H,17-18,20H2. The van der Waals surface area contributed by atoms with Crippen LogP contribution in [0.4, 0.5) is 5.69 Å². The molecule has 0 atom stereocenters. The Labute approximate surface area is 202 Å². The van der Waals surface area contributed by atoms with Gasteiger partial charge in [0, 0.05) is 41.2 Å². The van der Waals surface area contributed by atoms with Crippen molar-refractivity contribution in [2.24, 2.45) is 0 Å². The molecular formula is C28H23ClN2OS. The van der Waals surface area contributed by atoms with Gasteiger partial charge in [-0.15, -0.1) is 0 Å². The van der Waals surface area contributed by atoms with Crippen molar-refractivity contribution in [3.05, 3.63) is 118 Å². The Kier molecular flexibility index (Phi) is 6.40. The third kappa shape index (κ3) is 4.64. The predicted octanol–water partition coefficient (Wildman–Crippen LogP) is 5.83. The number of benzene rings is 3. The molecule has 164 valence electrons. The van der Waals surface area contributed by atoms with Gasteiger partial charge in [0.1, 0.15) is 11.2 Å². The van der Waals surface area contributed by atoms with E-state index in [1.165, 1.54) is 16.8 Å². The minimum atomic E-state index is -0.168. The van der Waals surface area contributed by atoms with E-state index in [0.29, 0.717) is 11.6 Å². The topological polar surface area (TPSA) is 30.2 Å². The zero-order valence-corrected chi connectivity index (χ0v) is 19.6. The van der Waals surface area contributed by atoms with E-state index in [2.05, 4.69) is 88.5 Å². The molecule has 1 aliphatic heterocycles. The lowest BCUT2D eigenvalue weighted by Crippen LogP contribution is -2.39. The molecule has 0 aliphatic carbocycles. The van der Waals surface area contributed by atoms with Gasteiger partial charge in [0.25, 0.3) is 5.01 Å².